The maximum atomic E-state index is 10.9. The SMILES string of the molecule is CCCCCCC(C)C(=O)NN. The molecule has 3 N–H and O–H groups in total. The van der Waals surface area contributed by atoms with Gasteiger partial charge in [-0.1, -0.05) is 39.5 Å². The number of carbonyl (C=O) groups excluding carboxylic acids is 1. The van der Waals surface area contributed by atoms with E-state index in [4.69, 9.17) is 5.84 Å². The Balaban J connectivity index is 3.31. The van der Waals surface area contributed by atoms with E-state index >= 15 is 0 Å². The summed E-state index contributed by atoms with van der Waals surface area (Å²) in [6.45, 7) is 4.09. The maximum absolute atomic E-state index is 10.9. The number of unbranched alkanes of at least 4 members (excludes halogenated alkanes) is 3. The smallest absolute Gasteiger partial charge is 0.236 e. The van der Waals surface area contributed by atoms with Gasteiger partial charge in [0, 0.05) is 5.92 Å². The minimum atomic E-state index is -0.0495. The summed E-state index contributed by atoms with van der Waals surface area (Å²) in [7, 11) is 0. The van der Waals surface area contributed by atoms with Crippen LogP contribution < -0.4 is 11.3 Å². The number of carbonyl (C=O) groups is 1. The van der Waals surface area contributed by atoms with Gasteiger partial charge in [-0.2, -0.15) is 0 Å². The van der Waals surface area contributed by atoms with Crippen molar-refractivity contribution in [2.75, 3.05) is 0 Å². The standard InChI is InChI=1S/C9H20N2O/c1-3-4-5-6-7-8(2)9(12)11-10/h8H,3-7,10H2,1-2H3,(H,11,12). The second-order valence-electron chi connectivity index (χ2n) is 3.26. The van der Waals surface area contributed by atoms with Gasteiger partial charge in [0.25, 0.3) is 0 Å². The molecular weight excluding hydrogens is 152 g/mol. The first kappa shape index (κ1) is 11.4. The Morgan fingerprint density at radius 1 is 1.42 bits per heavy atom. The van der Waals surface area contributed by atoms with E-state index in [1.54, 1.807) is 0 Å². The minimum absolute atomic E-state index is 0.0495. The molecule has 0 aromatic rings. The molecule has 0 spiro atoms. The van der Waals surface area contributed by atoms with Crippen molar-refractivity contribution in [1.29, 1.82) is 0 Å². The largest absolute Gasteiger partial charge is 0.294 e. The first-order chi connectivity index (χ1) is 5.72. The Bertz CT molecular complexity index is 126. The molecule has 1 amide bonds. The molecule has 0 aliphatic rings. The van der Waals surface area contributed by atoms with Gasteiger partial charge in [0.15, 0.2) is 0 Å². The highest BCUT2D eigenvalue weighted by atomic mass is 16.2. The summed E-state index contributed by atoms with van der Waals surface area (Å²) in [4.78, 5) is 10.9. The lowest BCUT2D eigenvalue weighted by atomic mass is 10.0. The molecule has 0 aliphatic heterocycles. The molecule has 3 heteroatoms. The predicted molar refractivity (Wildman–Crippen MR) is 50.3 cm³/mol. The van der Waals surface area contributed by atoms with Crippen LogP contribution in [0.25, 0.3) is 0 Å². The van der Waals surface area contributed by atoms with E-state index in [-0.39, 0.29) is 11.8 Å². The van der Waals surface area contributed by atoms with E-state index < -0.39 is 0 Å². The minimum Gasteiger partial charge on any atom is -0.294 e. The number of hydrogen-bond donors (Lipinski definition) is 2. The van der Waals surface area contributed by atoms with Crippen LogP contribution in [-0.2, 0) is 4.79 Å². The quantitative estimate of drug-likeness (QED) is 0.276. The second kappa shape index (κ2) is 7.10. The third-order valence-corrected chi connectivity index (χ3v) is 2.08. The van der Waals surface area contributed by atoms with Gasteiger partial charge < -0.3 is 0 Å². The van der Waals surface area contributed by atoms with Crippen LogP contribution in [0, 0.1) is 5.92 Å². The highest BCUT2D eigenvalue weighted by molar-refractivity contribution is 5.77. The Kier molecular flexibility index (Phi) is 6.76. The number of amides is 1. The van der Waals surface area contributed by atoms with Gasteiger partial charge in [-0.3, -0.25) is 10.2 Å². The Morgan fingerprint density at radius 3 is 2.58 bits per heavy atom. The van der Waals surface area contributed by atoms with Crippen LogP contribution in [0.5, 0.6) is 0 Å². The van der Waals surface area contributed by atoms with Crippen molar-refractivity contribution in [3.05, 3.63) is 0 Å². The van der Waals surface area contributed by atoms with Crippen LogP contribution in [0.4, 0.5) is 0 Å². The Morgan fingerprint density at radius 2 is 2.08 bits per heavy atom. The van der Waals surface area contributed by atoms with Gasteiger partial charge in [-0.15, -0.1) is 0 Å². The van der Waals surface area contributed by atoms with Gasteiger partial charge >= 0.3 is 0 Å². The molecule has 0 fully saturated rings. The number of nitrogens with two attached hydrogens (primary N) is 1. The summed E-state index contributed by atoms with van der Waals surface area (Å²) < 4.78 is 0. The lowest BCUT2D eigenvalue weighted by Crippen LogP contribution is -2.34. The molecule has 0 saturated heterocycles. The van der Waals surface area contributed by atoms with Crippen LogP contribution in [0.15, 0.2) is 0 Å². The Labute approximate surface area is 74.7 Å². The number of nitrogens with one attached hydrogen (secondary N) is 1. The average molecular weight is 172 g/mol. The van der Waals surface area contributed by atoms with Crippen molar-refractivity contribution in [3.8, 4) is 0 Å². The summed E-state index contributed by atoms with van der Waals surface area (Å²) >= 11 is 0. The molecule has 0 radical (unpaired) electrons. The zero-order valence-corrected chi connectivity index (χ0v) is 8.10. The molecule has 0 aromatic carbocycles. The summed E-state index contributed by atoms with van der Waals surface area (Å²) in [5.74, 6) is 5.02. The van der Waals surface area contributed by atoms with Crippen LogP contribution >= 0.6 is 0 Å². The van der Waals surface area contributed by atoms with Gasteiger partial charge in [-0.05, 0) is 6.42 Å². The molecular formula is C9H20N2O. The molecule has 0 rings (SSSR count). The third kappa shape index (κ3) is 5.13. The fourth-order valence-electron chi connectivity index (χ4n) is 1.15. The lowest BCUT2D eigenvalue weighted by molar-refractivity contribution is -0.124. The van der Waals surface area contributed by atoms with E-state index in [9.17, 15) is 4.79 Å². The molecule has 3 nitrogen and oxygen atoms in total. The average Bonchev–Trinajstić information content (AvgIpc) is 2.10. The summed E-state index contributed by atoms with van der Waals surface area (Å²) in [6, 6.07) is 0. The molecule has 12 heavy (non-hydrogen) atoms. The van der Waals surface area contributed by atoms with Crippen LogP contribution in [0.1, 0.15) is 46.0 Å². The van der Waals surface area contributed by atoms with Crippen molar-refractivity contribution < 1.29 is 4.79 Å². The molecule has 0 bridgehead atoms. The summed E-state index contributed by atoms with van der Waals surface area (Å²) in [6.07, 6.45) is 5.79. The molecule has 72 valence electrons. The van der Waals surface area contributed by atoms with Crippen LogP contribution in [0.3, 0.4) is 0 Å². The first-order valence-electron chi connectivity index (χ1n) is 4.72. The van der Waals surface area contributed by atoms with E-state index in [1.807, 2.05) is 6.92 Å². The molecule has 0 aromatic heterocycles. The van der Waals surface area contributed by atoms with E-state index in [1.165, 1.54) is 19.3 Å². The van der Waals surface area contributed by atoms with Crippen molar-refractivity contribution in [3.63, 3.8) is 0 Å². The van der Waals surface area contributed by atoms with Gasteiger partial charge in [-0.25, -0.2) is 5.84 Å². The molecule has 0 saturated carbocycles. The fraction of sp³-hybridized carbons (Fsp3) is 0.889. The van der Waals surface area contributed by atoms with E-state index in [2.05, 4.69) is 12.3 Å². The highest BCUT2D eigenvalue weighted by Gasteiger charge is 2.09. The van der Waals surface area contributed by atoms with Gasteiger partial charge in [0.1, 0.15) is 0 Å². The summed E-state index contributed by atoms with van der Waals surface area (Å²) in [5.41, 5.74) is 2.17. The topological polar surface area (TPSA) is 55.1 Å². The normalized spacial score (nSPS) is 12.6. The first-order valence-corrected chi connectivity index (χ1v) is 4.72. The third-order valence-electron chi connectivity index (χ3n) is 2.08. The van der Waals surface area contributed by atoms with Gasteiger partial charge in [0.05, 0.1) is 0 Å². The molecule has 0 aliphatic carbocycles. The lowest BCUT2D eigenvalue weighted by Gasteiger charge is -2.08. The van der Waals surface area contributed by atoms with Crippen molar-refractivity contribution >= 4 is 5.91 Å². The fourth-order valence-corrected chi connectivity index (χ4v) is 1.15. The van der Waals surface area contributed by atoms with Crippen molar-refractivity contribution in [1.82, 2.24) is 5.43 Å². The molecule has 1 unspecified atom stereocenters. The van der Waals surface area contributed by atoms with Crippen LogP contribution in [0.2, 0.25) is 0 Å². The summed E-state index contributed by atoms with van der Waals surface area (Å²) in [5, 5.41) is 0. The zero-order valence-electron chi connectivity index (χ0n) is 8.10. The second-order valence-corrected chi connectivity index (χ2v) is 3.26. The number of rotatable bonds is 6. The maximum Gasteiger partial charge on any atom is 0.236 e. The monoisotopic (exact) mass is 172 g/mol. The number of hydrazine groups is 1. The van der Waals surface area contributed by atoms with E-state index in [0.29, 0.717) is 0 Å². The zero-order chi connectivity index (χ0) is 9.40. The Hall–Kier alpha value is -0.570. The van der Waals surface area contributed by atoms with E-state index in [0.717, 1.165) is 12.8 Å². The molecule has 0 heterocycles. The predicted octanol–water partition coefficient (Wildman–Crippen LogP) is 1.58. The number of hydrogen-bond acceptors (Lipinski definition) is 2. The van der Waals surface area contributed by atoms with Crippen LogP contribution in [-0.4, -0.2) is 5.91 Å². The van der Waals surface area contributed by atoms with Crippen molar-refractivity contribution in [2.24, 2.45) is 11.8 Å². The van der Waals surface area contributed by atoms with Gasteiger partial charge in [0.2, 0.25) is 5.91 Å². The molecule has 1 atom stereocenters. The van der Waals surface area contributed by atoms with Crippen molar-refractivity contribution in [2.45, 2.75) is 46.0 Å². The highest BCUT2D eigenvalue weighted by Crippen LogP contribution is 2.09.